The summed E-state index contributed by atoms with van der Waals surface area (Å²) in [4.78, 5) is 45.3. The van der Waals surface area contributed by atoms with Crippen molar-refractivity contribution in [2.45, 2.75) is 0 Å². The second kappa shape index (κ2) is 8.68. The first-order valence-electron chi connectivity index (χ1n) is 10.5. The fraction of sp³-hybridized carbons (Fsp3) is 0. The van der Waals surface area contributed by atoms with Gasteiger partial charge in [0.25, 0.3) is 0 Å². The molecule has 0 amide bonds. The maximum absolute atomic E-state index is 13.1. The molecule has 170 valence electrons. The summed E-state index contributed by atoms with van der Waals surface area (Å²) < 4.78 is 6.22. The van der Waals surface area contributed by atoms with E-state index in [0.717, 1.165) is 0 Å². The van der Waals surface area contributed by atoms with Gasteiger partial charge in [0.2, 0.25) is 0 Å². The third-order valence-electron chi connectivity index (χ3n) is 5.62. The number of carboxylic acids is 2. The van der Waals surface area contributed by atoms with Crippen LogP contribution in [0.1, 0.15) is 20.7 Å². The largest absolute Gasteiger partial charge is 0.478 e. The molecule has 0 saturated carbocycles. The predicted molar refractivity (Wildman–Crippen MR) is 128 cm³/mol. The van der Waals surface area contributed by atoms with Crippen molar-refractivity contribution in [1.82, 2.24) is 9.97 Å². The first kappa shape index (κ1) is 21.7. The Balaban J connectivity index is 1.96. The van der Waals surface area contributed by atoms with E-state index in [1.54, 1.807) is 30.3 Å². The molecular weight excluding hydrogens is 448 g/mol. The quantitative estimate of drug-likeness (QED) is 0.372. The van der Waals surface area contributed by atoms with Gasteiger partial charge in [-0.1, -0.05) is 36.4 Å². The smallest absolute Gasteiger partial charge is 0.336 e. The summed E-state index contributed by atoms with van der Waals surface area (Å²) in [5, 5.41) is 19.9. The van der Waals surface area contributed by atoms with Gasteiger partial charge in [0.05, 0.1) is 16.5 Å². The van der Waals surface area contributed by atoms with Gasteiger partial charge in [-0.05, 0) is 23.8 Å². The van der Waals surface area contributed by atoms with E-state index in [9.17, 15) is 24.6 Å². The fourth-order valence-electron chi connectivity index (χ4n) is 4.03. The second-order valence-corrected chi connectivity index (χ2v) is 7.66. The van der Waals surface area contributed by atoms with Crippen LogP contribution >= 0.6 is 0 Å². The van der Waals surface area contributed by atoms with Crippen LogP contribution in [-0.4, -0.2) is 32.1 Å². The zero-order valence-electron chi connectivity index (χ0n) is 18.0. The normalized spacial score (nSPS) is 10.9. The standard InChI is InChI=1S/C27H16N2O6/c30-22-12-23(15-4-2-1-3-5-15)35-25-19(22)7-6-16(20-13-28-10-8-17(20)26(31)32)24(25)21-14-29-11-9-18(21)27(33)34/h1-14H,(H,31,32)(H,33,34). The Bertz CT molecular complexity index is 1680. The van der Waals surface area contributed by atoms with Gasteiger partial charge in [-0.2, -0.15) is 0 Å². The maximum atomic E-state index is 13.1. The number of rotatable bonds is 5. The summed E-state index contributed by atoms with van der Waals surface area (Å²) >= 11 is 0. The number of aromatic nitrogens is 2. The van der Waals surface area contributed by atoms with E-state index in [4.69, 9.17) is 4.42 Å². The van der Waals surface area contributed by atoms with Crippen molar-refractivity contribution in [2.24, 2.45) is 0 Å². The fourth-order valence-corrected chi connectivity index (χ4v) is 4.03. The average molecular weight is 464 g/mol. The molecular formula is C27H16N2O6. The highest BCUT2D eigenvalue weighted by Gasteiger charge is 2.24. The summed E-state index contributed by atoms with van der Waals surface area (Å²) in [6.45, 7) is 0. The zero-order chi connectivity index (χ0) is 24.5. The lowest BCUT2D eigenvalue weighted by Crippen LogP contribution is -2.06. The minimum Gasteiger partial charge on any atom is -0.478 e. The number of carboxylic acid groups (broad SMARTS) is 2. The number of hydrogen-bond donors (Lipinski definition) is 2. The van der Waals surface area contributed by atoms with E-state index >= 15 is 0 Å². The van der Waals surface area contributed by atoms with Crippen LogP contribution in [0.15, 0.2) is 94.7 Å². The molecule has 2 N–H and O–H groups in total. The molecule has 0 radical (unpaired) electrons. The van der Waals surface area contributed by atoms with Crippen LogP contribution in [0.3, 0.4) is 0 Å². The Hall–Kier alpha value is -5.11. The van der Waals surface area contributed by atoms with E-state index in [2.05, 4.69) is 9.97 Å². The van der Waals surface area contributed by atoms with Gasteiger partial charge in [0.15, 0.2) is 5.43 Å². The zero-order valence-corrected chi connectivity index (χ0v) is 18.0. The van der Waals surface area contributed by atoms with Crippen LogP contribution in [-0.2, 0) is 0 Å². The van der Waals surface area contributed by atoms with Crippen LogP contribution in [0.5, 0.6) is 0 Å². The minimum atomic E-state index is -1.21. The molecule has 5 rings (SSSR count). The molecule has 0 spiro atoms. The van der Waals surface area contributed by atoms with Gasteiger partial charge in [-0.25, -0.2) is 9.59 Å². The first-order chi connectivity index (χ1) is 17.0. The van der Waals surface area contributed by atoms with Crippen LogP contribution in [0.25, 0.3) is 44.5 Å². The van der Waals surface area contributed by atoms with Gasteiger partial charge >= 0.3 is 11.9 Å². The lowest BCUT2D eigenvalue weighted by atomic mass is 9.89. The van der Waals surface area contributed by atoms with Crippen LogP contribution < -0.4 is 5.43 Å². The average Bonchev–Trinajstić information content (AvgIpc) is 2.88. The minimum absolute atomic E-state index is 0.0390. The van der Waals surface area contributed by atoms with Crippen LogP contribution in [0.4, 0.5) is 0 Å². The molecule has 3 aromatic heterocycles. The van der Waals surface area contributed by atoms with Gasteiger partial charge in [0, 0.05) is 53.1 Å². The molecule has 0 aliphatic heterocycles. The first-order valence-corrected chi connectivity index (χ1v) is 10.5. The molecule has 0 atom stereocenters. The van der Waals surface area contributed by atoms with E-state index in [1.165, 1.54) is 49.1 Å². The number of carbonyl (C=O) groups is 2. The van der Waals surface area contributed by atoms with Gasteiger partial charge in [-0.3, -0.25) is 14.8 Å². The lowest BCUT2D eigenvalue weighted by molar-refractivity contribution is 0.0686. The summed E-state index contributed by atoms with van der Waals surface area (Å²) in [5.74, 6) is -2.11. The van der Waals surface area contributed by atoms with Crippen molar-refractivity contribution in [3.63, 3.8) is 0 Å². The second-order valence-electron chi connectivity index (χ2n) is 7.66. The van der Waals surface area contributed by atoms with E-state index in [0.29, 0.717) is 11.1 Å². The Morgan fingerprint density at radius 2 is 1.37 bits per heavy atom. The van der Waals surface area contributed by atoms with Crippen LogP contribution in [0.2, 0.25) is 0 Å². The summed E-state index contributed by atoms with van der Waals surface area (Å²) in [5.41, 5.74) is 1.31. The molecule has 0 bridgehead atoms. The monoisotopic (exact) mass is 464 g/mol. The number of fused-ring (bicyclic) bond motifs is 1. The molecule has 0 unspecified atom stereocenters. The number of pyridine rings is 2. The molecule has 3 heterocycles. The Morgan fingerprint density at radius 3 is 2.03 bits per heavy atom. The Labute approximate surface area is 197 Å². The third-order valence-corrected chi connectivity index (χ3v) is 5.62. The van der Waals surface area contributed by atoms with Crippen molar-refractivity contribution in [3.05, 3.63) is 107 Å². The van der Waals surface area contributed by atoms with Crippen molar-refractivity contribution in [3.8, 4) is 33.6 Å². The molecule has 5 aromatic rings. The van der Waals surface area contributed by atoms with Crippen molar-refractivity contribution < 1.29 is 24.2 Å². The number of benzene rings is 2. The molecule has 0 saturated heterocycles. The molecule has 35 heavy (non-hydrogen) atoms. The molecule has 8 heteroatoms. The molecule has 0 fully saturated rings. The van der Waals surface area contributed by atoms with Gasteiger partial charge in [-0.15, -0.1) is 0 Å². The van der Waals surface area contributed by atoms with Crippen molar-refractivity contribution >= 4 is 22.9 Å². The lowest BCUT2D eigenvalue weighted by Gasteiger charge is -2.16. The van der Waals surface area contributed by atoms with E-state index < -0.39 is 11.9 Å². The van der Waals surface area contributed by atoms with E-state index in [1.807, 2.05) is 6.07 Å². The van der Waals surface area contributed by atoms with Crippen molar-refractivity contribution in [1.29, 1.82) is 0 Å². The molecule has 0 aliphatic rings. The van der Waals surface area contributed by atoms with E-state index in [-0.39, 0.29) is 50.0 Å². The molecule has 8 nitrogen and oxygen atoms in total. The summed E-state index contributed by atoms with van der Waals surface area (Å²) in [7, 11) is 0. The Morgan fingerprint density at radius 1 is 0.743 bits per heavy atom. The van der Waals surface area contributed by atoms with Gasteiger partial charge < -0.3 is 14.6 Å². The maximum Gasteiger partial charge on any atom is 0.336 e. The highest BCUT2D eigenvalue weighted by molar-refractivity contribution is 6.08. The van der Waals surface area contributed by atoms with Crippen molar-refractivity contribution in [2.75, 3.05) is 0 Å². The number of aromatic carboxylic acids is 2. The Kier molecular flexibility index (Phi) is 5.39. The summed E-state index contributed by atoms with van der Waals surface area (Å²) in [6, 6.07) is 16.2. The number of hydrogen-bond acceptors (Lipinski definition) is 6. The van der Waals surface area contributed by atoms with Gasteiger partial charge in [0.1, 0.15) is 11.3 Å². The number of nitrogens with zero attached hydrogens (tertiary/aromatic N) is 2. The summed E-state index contributed by atoms with van der Waals surface area (Å²) in [6.07, 6.45) is 5.43. The molecule has 0 aliphatic carbocycles. The SMILES string of the molecule is O=C(O)c1ccncc1-c1ccc2c(=O)cc(-c3ccccc3)oc2c1-c1cnccc1C(=O)O. The predicted octanol–water partition coefficient (Wildman–Crippen LogP) is 4.98. The topological polar surface area (TPSA) is 131 Å². The van der Waals surface area contributed by atoms with Crippen LogP contribution in [0, 0.1) is 0 Å². The molecule has 2 aromatic carbocycles. The third kappa shape index (κ3) is 3.83. The highest BCUT2D eigenvalue weighted by atomic mass is 16.4. The highest BCUT2D eigenvalue weighted by Crippen LogP contribution is 2.40.